The zero-order valence-corrected chi connectivity index (χ0v) is 20.0. The van der Waals surface area contributed by atoms with Crippen LogP contribution in [0.25, 0.3) is 16.9 Å². The van der Waals surface area contributed by atoms with Crippen molar-refractivity contribution in [1.82, 2.24) is 19.5 Å². The Balaban J connectivity index is 1.17. The summed E-state index contributed by atoms with van der Waals surface area (Å²) in [5.41, 5.74) is 4.04. The number of fused-ring (bicyclic) bond motifs is 2. The number of piperidine rings is 1. The van der Waals surface area contributed by atoms with Gasteiger partial charge in [0.2, 0.25) is 6.79 Å². The van der Waals surface area contributed by atoms with Crippen molar-refractivity contribution in [3.63, 3.8) is 0 Å². The first-order valence-corrected chi connectivity index (χ1v) is 12.3. The van der Waals surface area contributed by atoms with Crippen LogP contribution in [0.2, 0.25) is 5.02 Å². The Morgan fingerprint density at radius 3 is 2.91 bits per heavy atom. The van der Waals surface area contributed by atoms with E-state index in [1.165, 1.54) is 18.4 Å². The normalized spacial score (nSPS) is 17.7. The fraction of sp³-hybridized carbons (Fsp3) is 0.308. The summed E-state index contributed by atoms with van der Waals surface area (Å²) in [6.45, 7) is 4.15. The third kappa shape index (κ3) is 4.56. The van der Waals surface area contributed by atoms with Gasteiger partial charge in [0.15, 0.2) is 17.1 Å². The molecule has 35 heavy (non-hydrogen) atoms. The molecule has 0 saturated carbocycles. The molecule has 1 fully saturated rings. The number of hydrogen-bond acceptors (Lipinski definition) is 6. The number of nitrogens with one attached hydrogen (secondary N) is 1. The average Bonchev–Trinajstić information content (AvgIpc) is 3.49. The van der Waals surface area contributed by atoms with Gasteiger partial charge in [0.25, 0.3) is 0 Å². The summed E-state index contributed by atoms with van der Waals surface area (Å²) in [4.78, 5) is 7.24. The Morgan fingerprint density at radius 2 is 2.00 bits per heavy atom. The lowest BCUT2D eigenvalue weighted by molar-refractivity contribution is 0.171. The number of aromatic nitrogens is 3. The molecule has 0 bridgehead atoms. The van der Waals surface area contributed by atoms with Crippen molar-refractivity contribution in [2.24, 2.45) is 5.92 Å². The van der Waals surface area contributed by atoms with Crippen LogP contribution in [0.5, 0.6) is 11.5 Å². The van der Waals surface area contributed by atoms with Crippen LogP contribution >= 0.6 is 11.6 Å². The first-order valence-electron chi connectivity index (χ1n) is 11.9. The fourth-order valence-electron chi connectivity index (χ4n) is 4.92. The average molecular weight is 486 g/mol. The summed E-state index contributed by atoms with van der Waals surface area (Å²) in [7, 11) is 6.16. The van der Waals surface area contributed by atoms with Gasteiger partial charge in [-0.2, -0.15) is 9.61 Å². The van der Waals surface area contributed by atoms with E-state index in [4.69, 9.17) is 33.9 Å². The molecule has 176 valence electrons. The summed E-state index contributed by atoms with van der Waals surface area (Å²) in [6, 6.07) is 15.9. The van der Waals surface area contributed by atoms with E-state index in [-0.39, 0.29) is 0 Å². The second kappa shape index (κ2) is 9.43. The minimum absolute atomic E-state index is 0.304. The predicted octanol–water partition coefficient (Wildman–Crippen LogP) is 3.90. The Bertz CT molecular complexity index is 1380. The topological polar surface area (TPSA) is 63.9 Å². The van der Waals surface area contributed by atoms with Crippen LogP contribution in [-0.4, -0.2) is 53.8 Å². The van der Waals surface area contributed by atoms with Crippen LogP contribution in [0, 0.1) is 5.92 Å². The van der Waals surface area contributed by atoms with E-state index in [1.54, 1.807) is 10.7 Å². The third-order valence-electron chi connectivity index (χ3n) is 6.67. The molecule has 6 rings (SSSR count). The maximum Gasteiger partial charge on any atom is 0.231 e. The molecule has 9 heteroatoms. The van der Waals surface area contributed by atoms with Gasteiger partial charge in [0.05, 0.1) is 5.69 Å². The second-order valence-electron chi connectivity index (χ2n) is 9.15. The number of halogens is 1. The van der Waals surface area contributed by atoms with Gasteiger partial charge >= 0.3 is 0 Å². The van der Waals surface area contributed by atoms with Gasteiger partial charge in [0.1, 0.15) is 13.7 Å². The van der Waals surface area contributed by atoms with Gasteiger partial charge in [-0.1, -0.05) is 35.9 Å². The van der Waals surface area contributed by atoms with Gasteiger partial charge in [0, 0.05) is 42.5 Å². The fourth-order valence-corrected chi connectivity index (χ4v) is 5.15. The summed E-state index contributed by atoms with van der Waals surface area (Å²) < 4.78 is 12.7. The highest BCUT2D eigenvalue weighted by Gasteiger charge is 2.22. The van der Waals surface area contributed by atoms with Crippen LogP contribution in [0.1, 0.15) is 18.4 Å². The second-order valence-corrected chi connectivity index (χ2v) is 9.56. The maximum absolute atomic E-state index is 6.45. The molecule has 0 aliphatic carbocycles. The predicted molar refractivity (Wildman–Crippen MR) is 138 cm³/mol. The van der Waals surface area contributed by atoms with Crippen LogP contribution in [-0.2, 0) is 6.54 Å². The zero-order valence-electron chi connectivity index (χ0n) is 19.3. The highest BCUT2D eigenvalue weighted by molar-refractivity contribution is 6.36. The number of nitrogens with zero attached hydrogens (tertiary/aromatic N) is 4. The van der Waals surface area contributed by atoms with Crippen molar-refractivity contribution in [3.8, 4) is 22.8 Å². The minimum Gasteiger partial charge on any atom is -0.454 e. The minimum atomic E-state index is 0.304. The summed E-state index contributed by atoms with van der Waals surface area (Å²) in [6.07, 6.45) is 3.98. The van der Waals surface area contributed by atoms with E-state index < -0.39 is 0 Å². The molecule has 1 atom stereocenters. The molecular weight excluding hydrogens is 461 g/mol. The number of benzene rings is 2. The molecule has 2 aliphatic heterocycles. The van der Waals surface area contributed by atoms with Crippen molar-refractivity contribution >= 4 is 36.4 Å². The lowest BCUT2D eigenvalue weighted by Crippen LogP contribution is -2.37. The Labute approximate surface area is 210 Å². The quantitative estimate of drug-likeness (QED) is 0.418. The molecule has 2 aromatic carbocycles. The molecule has 0 spiro atoms. The maximum atomic E-state index is 6.45. The van der Waals surface area contributed by atoms with Crippen LogP contribution in [0.4, 0.5) is 5.82 Å². The molecule has 4 aromatic rings. The Kier molecular flexibility index (Phi) is 6.00. The highest BCUT2D eigenvalue weighted by atomic mass is 35.5. The molecule has 2 radical (unpaired) electrons. The Morgan fingerprint density at radius 1 is 1.11 bits per heavy atom. The molecule has 7 nitrogen and oxygen atoms in total. The third-order valence-corrected chi connectivity index (χ3v) is 7.00. The molecule has 2 aromatic heterocycles. The standard InChI is InChI=1S/C26H25BClN5O2/c27-20-13-30-33-25(11-22(31-26(20)33)19-5-1-2-6-21(19)28)29-12-18-4-3-9-32(15-18)14-17-7-8-23-24(10-17)35-16-34-23/h1-2,5-8,10-11,13,18,29H,3-4,9,12,14-16H2. The van der Waals surface area contributed by atoms with E-state index in [1.807, 2.05) is 36.4 Å². The summed E-state index contributed by atoms with van der Waals surface area (Å²) in [5.74, 6) is 3.04. The lowest BCUT2D eigenvalue weighted by atomic mass is 9.97. The Hall–Kier alpha value is -3.23. The molecule has 1 unspecified atom stereocenters. The molecule has 0 amide bonds. The molecule has 2 aliphatic rings. The van der Waals surface area contributed by atoms with Crippen molar-refractivity contribution in [1.29, 1.82) is 0 Å². The van der Waals surface area contributed by atoms with Crippen molar-refractivity contribution < 1.29 is 9.47 Å². The number of rotatable bonds is 6. The van der Waals surface area contributed by atoms with Gasteiger partial charge in [-0.25, -0.2) is 4.98 Å². The molecular formula is C26H25BClN5O2. The van der Waals surface area contributed by atoms with E-state index in [0.717, 1.165) is 54.8 Å². The van der Waals surface area contributed by atoms with Gasteiger partial charge in [-0.05, 0) is 54.5 Å². The number of anilines is 1. The van der Waals surface area contributed by atoms with Crippen molar-refractivity contribution in [3.05, 3.63) is 65.3 Å². The van der Waals surface area contributed by atoms with E-state index in [0.29, 0.717) is 28.8 Å². The van der Waals surface area contributed by atoms with Crippen LogP contribution in [0.15, 0.2) is 54.7 Å². The van der Waals surface area contributed by atoms with Crippen LogP contribution in [0.3, 0.4) is 0 Å². The summed E-state index contributed by atoms with van der Waals surface area (Å²) in [5, 5.41) is 8.71. The monoisotopic (exact) mass is 485 g/mol. The first kappa shape index (κ1) is 22.3. The lowest BCUT2D eigenvalue weighted by Gasteiger charge is -2.33. The summed E-state index contributed by atoms with van der Waals surface area (Å²) >= 11 is 6.45. The number of hydrogen-bond donors (Lipinski definition) is 1. The number of ether oxygens (including phenoxy) is 2. The molecule has 4 heterocycles. The van der Waals surface area contributed by atoms with E-state index >= 15 is 0 Å². The smallest absolute Gasteiger partial charge is 0.231 e. The van der Waals surface area contributed by atoms with Gasteiger partial charge in [-0.15, -0.1) is 0 Å². The largest absolute Gasteiger partial charge is 0.454 e. The van der Waals surface area contributed by atoms with Crippen LogP contribution < -0.4 is 20.3 Å². The first-order chi connectivity index (χ1) is 17.1. The molecule has 1 saturated heterocycles. The number of likely N-dealkylation sites (tertiary alicyclic amines) is 1. The van der Waals surface area contributed by atoms with E-state index in [9.17, 15) is 0 Å². The van der Waals surface area contributed by atoms with Crippen molar-refractivity contribution in [2.45, 2.75) is 19.4 Å². The van der Waals surface area contributed by atoms with Crippen molar-refractivity contribution in [2.75, 3.05) is 31.7 Å². The van der Waals surface area contributed by atoms with E-state index in [2.05, 4.69) is 27.4 Å². The SMILES string of the molecule is [B]c1cnn2c(NCC3CCCN(Cc4ccc5c(c4)OCO5)C3)cc(-c3ccccc3Cl)nc12. The zero-order chi connectivity index (χ0) is 23.8. The van der Waals surface area contributed by atoms with Gasteiger partial charge in [-0.3, -0.25) is 4.90 Å². The van der Waals surface area contributed by atoms with Gasteiger partial charge < -0.3 is 14.8 Å². The molecule has 1 N–H and O–H groups in total. The highest BCUT2D eigenvalue weighted by Crippen LogP contribution is 2.33.